The predicted octanol–water partition coefficient (Wildman–Crippen LogP) is 2.32. The van der Waals surface area contributed by atoms with Crippen LogP contribution < -0.4 is 10.1 Å². The van der Waals surface area contributed by atoms with Crippen molar-refractivity contribution in [1.29, 1.82) is 10.7 Å². The number of nitrogens with one attached hydrogen (secondary N) is 2. The van der Waals surface area contributed by atoms with Crippen LogP contribution >= 0.6 is 11.6 Å². The molecular formula is C14H10ClN5O2. The van der Waals surface area contributed by atoms with Gasteiger partial charge >= 0.3 is 0 Å². The van der Waals surface area contributed by atoms with E-state index in [0.717, 1.165) is 6.21 Å². The zero-order valence-electron chi connectivity index (χ0n) is 11.2. The zero-order chi connectivity index (χ0) is 15.9. The molecule has 0 saturated heterocycles. The summed E-state index contributed by atoms with van der Waals surface area (Å²) in [5.41, 5.74) is 0.945. The summed E-state index contributed by atoms with van der Waals surface area (Å²) >= 11 is 6.09. The second kappa shape index (κ2) is 7.15. The molecule has 0 fully saturated rings. The van der Waals surface area contributed by atoms with Crippen molar-refractivity contribution in [2.24, 2.45) is 0 Å². The van der Waals surface area contributed by atoms with Crippen molar-refractivity contribution in [2.75, 3.05) is 11.9 Å². The van der Waals surface area contributed by atoms with Gasteiger partial charge in [0.1, 0.15) is 24.8 Å². The van der Waals surface area contributed by atoms with Crippen LogP contribution in [0.4, 0.5) is 11.5 Å². The van der Waals surface area contributed by atoms with E-state index in [2.05, 4.69) is 15.3 Å². The van der Waals surface area contributed by atoms with Gasteiger partial charge < -0.3 is 15.5 Å². The maximum Gasteiger partial charge on any atom is 0.228 e. The van der Waals surface area contributed by atoms with Crippen molar-refractivity contribution in [1.82, 2.24) is 9.97 Å². The maximum absolute atomic E-state index is 10.4. The zero-order valence-corrected chi connectivity index (χ0v) is 12.0. The van der Waals surface area contributed by atoms with Crippen molar-refractivity contribution in [2.45, 2.75) is 0 Å². The van der Waals surface area contributed by atoms with Gasteiger partial charge in [-0.25, -0.2) is 9.97 Å². The van der Waals surface area contributed by atoms with Gasteiger partial charge in [-0.05, 0) is 12.1 Å². The molecule has 1 aromatic heterocycles. The number of carbonyl (C=O) groups is 1. The van der Waals surface area contributed by atoms with Crippen LogP contribution in [0, 0.1) is 16.7 Å². The highest BCUT2D eigenvalue weighted by molar-refractivity contribution is 6.33. The second-order valence-corrected chi connectivity index (χ2v) is 4.37. The molecule has 2 rings (SSSR count). The fraction of sp³-hybridized carbons (Fsp3) is 0.0714. The predicted molar refractivity (Wildman–Crippen MR) is 80.9 cm³/mol. The first-order chi connectivity index (χ1) is 10.7. The van der Waals surface area contributed by atoms with Crippen molar-refractivity contribution >= 4 is 35.6 Å². The van der Waals surface area contributed by atoms with Gasteiger partial charge in [-0.2, -0.15) is 5.26 Å². The van der Waals surface area contributed by atoms with Crippen LogP contribution in [0.5, 0.6) is 5.88 Å². The Bertz CT molecular complexity index is 757. The molecule has 0 bridgehead atoms. The quantitative estimate of drug-likeness (QED) is 0.625. The number of rotatable bonds is 6. The number of nitriles is 1. The maximum atomic E-state index is 10.4. The summed E-state index contributed by atoms with van der Waals surface area (Å²) in [5, 5.41) is 19.8. The van der Waals surface area contributed by atoms with E-state index in [4.69, 9.17) is 27.0 Å². The number of anilines is 2. The SMILES string of the molecule is N#Cc1cccc(Cl)c1Nc1ncnc(OCC=O)c1C=N. The molecule has 0 aliphatic heterocycles. The lowest BCUT2D eigenvalue weighted by molar-refractivity contribution is -0.109. The number of benzene rings is 1. The molecule has 1 aromatic carbocycles. The van der Waals surface area contributed by atoms with Crippen LogP contribution in [-0.4, -0.2) is 29.1 Å². The lowest BCUT2D eigenvalue weighted by Crippen LogP contribution is -2.07. The number of hydrogen-bond donors (Lipinski definition) is 2. The molecule has 0 unspecified atom stereocenters. The van der Waals surface area contributed by atoms with Crippen molar-refractivity contribution in [3.8, 4) is 11.9 Å². The molecule has 0 spiro atoms. The van der Waals surface area contributed by atoms with E-state index in [-0.39, 0.29) is 23.9 Å². The number of aldehydes is 1. The molecule has 110 valence electrons. The molecule has 0 saturated carbocycles. The minimum absolute atomic E-state index is 0.0881. The highest BCUT2D eigenvalue weighted by Gasteiger charge is 2.14. The van der Waals surface area contributed by atoms with Crippen LogP contribution in [0.15, 0.2) is 24.5 Å². The Morgan fingerprint density at radius 2 is 2.27 bits per heavy atom. The number of aromatic nitrogens is 2. The Balaban J connectivity index is 2.44. The summed E-state index contributed by atoms with van der Waals surface area (Å²) in [6.07, 6.45) is 2.79. The van der Waals surface area contributed by atoms with Gasteiger partial charge in [-0.1, -0.05) is 17.7 Å². The van der Waals surface area contributed by atoms with E-state index in [1.54, 1.807) is 18.2 Å². The van der Waals surface area contributed by atoms with Crippen LogP contribution in [0.1, 0.15) is 11.1 Å². The van der Waals surface area contributed by atoms with E-state index in [0.29, 0.717) is 22.6 Å². The number of para-hydroxylation sites is 1. The number of hydrogen-bond acceptors (Lipinski definition) is 7. The Labute approximate surface area is 131 Å². The lowest BCUT2D eigenvalue weighted by atomic mass is 10.2. The number of nitrogens with zero attached hydrogens (tertiary/aromatic N) is 3. The van der Waals surface area contributed by atoms with E-state index in [1.165, 1.54) is 6.33 Å². The molecule has 0 radical (unpaired) electrons. The minimum atomic E-state index is -0.188. The van der Waals surface area contributed by atoms with Crippen LogP contribution in [0.25, 0.3) is 0 Å². The Hall–Kier alpha value is -2.98. The van der Waals surface area contributed by atoms with Gasteiger partial charge in [0.05, 0.1) is 21.8 Å². The third kappa shape index (κ3) is 3.19. The topological polar surface area (TPSA) is 112 Å². The minimum Gasteiger partial charge on any atom is -0.469 e. The van der Waals surface area contributed by atoms with Crippen molar-refractivity contribution in [3.63, 3.8) is 0 Å². The Morgan fingerprint density at radius 1 is 1.45 bits per heavy atom. The molecule has 0 atom stereocenters. The van der Waals surface area contributed by atoms with Crippen LogP contribution in [-0.2, 0) is 4.79 Å². The molecule has 2 aromatic rings. The van der Waals surface area contributed by atoms with Gasteiger partial charge in [-0.15, -0.1) is 0 Å². The summed E-state index contributed by atoms with van der Waals surface area (Å²) in [6, 6.07) is 6.90. The third-order valence-electron chi connectivity index (χ3n) is 2.66. The van der Waals surface area contributed by atoms with Gasteiger partial charge in [0.25, 0.3) is 0 Å². The summed E-state index contributed by atoms with van der Waals surface area (Å²) in [7, 11) is 0. The second-order valence-electron chi connectivity index (χ2n) is 3.96. The molecule has 0 aliphatic carbocycles. The molecule has 8 heteroatoms. The molecule has 1 heterocycles. The molecular weight excluding hydrogens is 306 g/mol. The molecule has 22 heavy (non-hydrogen) atoms. The fourth-order valence-corrected chi connectivity index (χ4v) is 1.92. The average molecular weight is 316 g/mol. The third-order valence-corrected chi connectivity index (χ3v) is 2.97. The standard InChI is InChI=1S/C14H10ClN5O2/c15-11-3-1-2-9(6-16)12(11)20-13-10(7-17)14(19-8-18-13)22-5-4-21/h1-4,7-8,17H,5H2,(H,18,19,20). The van der Waals surface area contributed by atoms with Gasteiger partial charge in [0.15, 0.2) is 6.29 Å². The highest BCUT2D eigenvalue weighted by Crippen LogP contribution is 2.30. The monoisotopic (exact) mass is 315 g/mol. The highest BCUT2D eigenvalue weighted by atomic mass is 35.5. The Kier molecular flexibility index (Phi) is 5.01. The van der Waals surface area contributed by atoms with Crippen molar-refractivity contribution in [3.05, 3.63) is 40.7 Å². The number of ether oxygens (including phenoxy) is 1. The normalized spacial score (nSPS) is 9.64. The van der Waals surface area contributed by atoms with E-state index in [1.807, 2.05) is 6.07 Å². The number of carbonyl (C=O) groups excluding carboxylic acids is 1. The Morgan fingerprint density at radius 3 is 2.95 bits per heavy atom. The van der Waals surface area contributed by atoms with Gasteiger partial charge in [-0.3, -0.25) is 4.79 Å². The number of halogens is 1. The summed E-state index contributed by atoms with van der Waals surface area (Å²) in [6.45, 7) is -0.188. The molecule has 7 nitrogen and oxygen atoms in total. The first kappa shape index (κ1) is 15.4. The van der Waals surface area contributed by atoms with Crippen molar-refractivity contribution < 1.29 is 9.53 Å². The fourth-order valence-electron chi connectivity index (χ4n) is 1.70. The molecule has 0 amide bonds. The smallest absolute Gasteiger partial charge is 0.228 e. The van der Waals surface area contributed by atoms with Gasteiger partial charge in [0, 0.05) is 6.21 Å². The van der Waals surface area contributed by atoms with Crippen LogP contribution in [0.3, 0.4) is 0 Å². The lowest BCUT2D eigenvalue weighted by Gasteiger charge is -2.13. The summed E-state index contributed by atoms with van der Waals surface area (Å²) in [4.78, 5) is 18.3. The largest absolute Gasteiger partial charge is 0.469 e. The molecule has 2 N–H and O–H groups in total. The van der Waals surface area contributed by atoms with E-state index < -0.39 is 0 Å². The first-order valence-corrected chi connectivity index (χ1v) is 6.46. The summed E-state index contributed by atoms with van der Waals surface area (Å²) < 4.78 is 5.13. The molecule has 0 aliphatic rings. The van der Waals surface area contributed by atoms with Crippen LogP contribution in [0.2, 0.25) is 5.02 Å². The van der Waals surface area contributed by atoms with E-state index >= 15 is 0 Å². The van der Waals surface area contributed by atoms with Gasteiger partial charge in [0.2, 0.25) is 5.88 Å². The average Bonchev–Trinajstić information content (AvgIpc) is 2.54. The first-order valence-electron chi connectivity index (χ1n) is 6.08. The van der Waals surface area contributed by atoms with E-state index in [9.17, 15) is 4.79 Å². The summed E-state index contributed by atoms with van der Waals surface area (Å²) in [5.74, 6) is 0.334.